The Morgan fingerprint density at radius 3 is 2.86 bits per heavy atom. The largest absolute Gasteiger partial charge is 0.492 e. The Morgan fingerprint density at radius 1 is 1.45 bits per heavy atom. The quantitative estimate of drug-likeness (QED) is 0.878. The van der Waals surface area contributed by atoms with E-state index in [0.29, 0.717) is 23.8 Å². The van der Waals surface area contributed by atoms with Crippen LogP contribution < -0.4 is 10.1 Å². The molecule has 1 atom stereocenters. The van der Waals surface area contributed by atoms with Crippen molar-refractivity contribution in [2.45, 2.75) is 18.9 Å². The summed E-state index contributed by atoms with van der Waals surface area (Å²) < 4.78 is 30.0. The molecule has 2 rings (SSSR count). The Bertz CT molecular complexity index is 661. The van der Waals surface area contributed by atoms with Crippen LogP contribution in [0.3, 0.4) is 0 Å². The van der Waals surface area contributed by atoms with Crippen molar-refractivity contribution >= 4 is 27.5 Å². The minimum absolute atomic E-state index is 0.0756. The van der Waals surface area contributed by atoms with Crippen LogP contribution in [0.1, 0.15) is 24.4 Å². The molecule has 0 spiro atoms. The number of halogens is 1. The lowest BCUT2D eigenvalue weighted by Gasteiger charge is -2.27. The molecule has 1 aromatic carbocycles. The first-order valence-electron chi connectivity index (χ1n) is 6.92. The summed E-state index contributed by atoms with van der Waals surface area (Å²) in [6, 6.07) is 5.17. The number of amides is 1. The second-order valence-corrected chi connectivity index (χ2v) is 7.97. The van der Waals surface area contributed by atoms with E-state index in [2.05, 4.69) is 5.32 Å². The third-order valence-electron chi connectivity index (χ3n) is 3.50. The Hall–Kier alpha value is -1.31. The monoisotopic (exact) mass is 346 g/mol. The highest BCUT2D eigenvalue weighted by Crippen LogP contribution is 2.37. The number of sulfonamides is 1. The van der Waals surface area contributed by atoms with Crippen LogP contribution in [-0.2, 0) is 14.8 Å². The van der Waals surface area contributed by atoms with E-state index in [-0.39, 0.29) is 24.1 Å². The summed E-state index contributed by atoms with van der Waals surface area (Å²) in [6.45, 7) is 0.456. The van der Waals surface area contributed by atoms with Gasteiger partial charge in [-0.1, -0.05) is 23.7 Å². The standard InChI is InChI=1S/C14H19ClN2O4S/c1-17(2)22(19,20)9-7-13(18)16-12-6-8-21-14-10(12)4-3-5-11(14)15/h3-5,12H,6-9H2,1-2H3,(H,16,18)/t12-/m0/s1. The number of rotatable bonds is 5. The van der Waals surface area contributed by atoms with Crippen LogP contribution >= 0.6 is 11.6 Å². The van der Waals surface area contributed by atoms with Crippen LogP contribution in [0.15, 0.2) is 18.2 Å². The number of carbonyl (C=O) groups is 1. The molecule has 122 valence electrons. The molecule has 1 amide bonds. The van der Waals surface area contributed by atoms with Crippen molar-refractivity contribution in [2.75, 3.05) is 26.5 Å². The summed E-state index contributed by atoms with van der Waals surface area (Å²) in [5.74, 6) is 0.0714. The minimum atomic E-state index is -3.37. The highest BCUT2D eigenvalue weighted by molar-refractivity contribution is 7.89. The zero-order chi connectivity index (χ0) is 16.3. The maximum absolute atomic E-state index is 12.0. The number of nitrogens with one attached hydrogen (secondary N) is 1. The van der Waals surface area contributed by atoms with E-state index in [9.17, 15) is 13.2 Å². The molecular formula is C14H19ClN2O4S. The predicted molar refractivity (Wildman–Crippen MR) is 84.5 cm³/mol. The summed E-state index contributed by atoms with van der Waals surface area (Å²) in [5, 5.41) is 3.36. The highest BCUT2D eigenvalue weighted by atomic mass is 35.5. The van der Waals surface area contributed by atoms with Crippen LogP contribution in [0.2, 0.25) is 5.02 Å². The SMILES string of the molecule is CN(C)S(=O)(=O)CCC(=O)N[C@H]1CCOc2c(Cl)cccc21. The van der Waals surface area contributed by atoms with E-state index in [1.165, 1.54) is 14.1 Å². The molecule has 0 aliphatic carbocycles. The van der Waals surface area contributed by atoms with Crippen molar-refractivity contribution in [3.05, 3.63) is 28.8 Å². The van der Waals surface area contributed by atoms with Gasteiger partial charge in [-0.15, -0.1) is 0 Å². The highest BCUT2D eigenvalue weighted by Gasteiger charge is 2.25. The molecule has 0 saturated heterocycles. The molecule has 1 aliphatic rings. The number of hydrogen-bond donors (Lipinski definition) is 1. The fourth-order valence-corrected chi connectivity index (χ4v) is 3.25. The lowest BCUT2D eigenvalue weighted by molar-refractivity contribution is -0.121. The van der Waals surface area contributed by atoms with Crippen LogP contribution in [0.5, 0.6) is 5.75 Å². The van der Waals surface area contributed by atoms with Crippen molar-refractivity contribution in [1.82, 2.24) is 9.62 Å². The van der Waals surface area contributed by atoms with E-state index in [0.717, 1.165) is 9.87 Å². The first-order valence-corrected chi connectivity index (χ1v) is 8.91. The summed E-state index contributed by atoms with van der Waals surface area (Å²) in [7, 11) is -0.478. The number of carbonyl (C=O) groups excluding carboxylic acids is 1. The number of ether oxygens (including phenoxy) is 1. The third-order valence-corrected chi connectivity index (χ3v) is 5.63. The van der Waals surface area contributed by atoms with Crippen LogP contribution in [0.4, 0.5) is 0 Å². The maximum atomic E-state index is 12.0. The molecular weight excluding hydrogens is 328 g/mol. The lowest BCUT2D eigenvalue weighted by atomic mass is 10.0. The summed E-state index contributed by atoms with van der Waals surface area (Å²) >= 11 is 6.08. The fraction of sp³-hybridized carbons (Fsp3) is 0.500. The number of para-hydroxylation sites is 1. The van der Waals surface area contributed by atoms with Crippen molar-refractivity contribution in [2.24, 2.45) is 0 Å². The van der Waals surface area contributed by atoms with Crippen molar-refractivity contribution < 1.29 is 17.9 Å². The molecule has 1 N–H and O–H groups in total. The molecule has 1 aliphatic heterocycles. The minimum Gasteiger partial charge on any atom is -0.492 e. The Kier molecular flexibility index (Phi) is 5.31. The molecule has 6 nitrogen and oxygen atoms in total. The average Bonchev–Trinajstić information content (AvgIpc) is 2.46. The van der Waals surface area contributed by atoms with Gasteiger partial charge in [0.25, 0.3) is 0 Å². The molecule has 1 aromatic rings. The van der Waals surface area contributed by atoms with Gasteiger partial charge in [0, 0.05) is 32.5 Å². The smallest absolute Gasteiger partial charge is 0.221 e. The molecule has 0 fully saturated rings. The zero-order valence-corrected chi connectivity index (χ0v) is 14.1. The molecule has 8 heteroatoms. The molecule has 0 bridgehead atoms. The molecule has 22 heavy (non-hydrogen) atoms. The predicted octanol–water partition coefficient (Wildman–Crippen LogP) is 1.56. The van der Waals surface area contributed by atoms with Gasteiger partial charge in [0.05, 0.1) is 23.4 Å². The van der Waals surface area contributed by atoms with Crippen molar-refractivity contribution in [3.63, 3.8) is 0 Å². The van der Waals surface area contributed by atoms with Gasteiger partial charge in [-0.3, -0.25) is 4.79 Å². The topological polar surface area (TPSA) is 75.7 Å². The van der Waals surface area contributed by atoms with Crippen LogP contribution in [0.25, 0.3) is 0 Å². The van der Waals surface area contributed by atoms with Crippen LogP contribution in [0, 0.1) is 0 Å². The number of benzene rings is 1. The maximum Gasteiger partial charge on any atom is 0.221 e. The molecule has 0 saturated carbocycles. The fourth-order valence-electron chi connectivity index (χ4n) is 2.21. The average molecular weight is 347 g/mol. The van der Waals surface area contributed by atoms with E-state index in [1.54, 1.807) is 12.1 Å². The molecule has 1 heterocycles. The second-order valence-electron chi connectivity index (χ2n) is 5.26. The number of nitrogens with zero attached hydrogens (tertiary/aromatic N) is 1. The molecule has 0 aromatic heterocycles. The Morgan fingerprint density at radius 2 is 2.18 bits per heavy atom. The van der Waals surface area contributed by atoms with Gasteiger partial charge in [0.1, 0.15) is 5.75 Å². The van der Waals surface area contributed by atoms with Gasteiger partial charge in [-0.2, -0.15) is 0 Å². The van der Waals surface area contributed by atoms with Gasteiger partial charge >= 0.3 is 0 Å². The summed E-state index contributed by atoms with van der Waals surface area (Å²) in [6.07, 6.45) is 0.549. The summed E-state index contributed by atoms with van der Waals surface area (Å²) in [4.78, 5) is 12.0. The van der Waals surface area contributed by atoms with E-state index in [4.69, 9.17) is 16.3 Å². The van der Waals surface area contributed by atoms with Gasteiger partial charge in [0.15, 0.2) is 0 Å². The molecule has 0 radical (unpaired) electrons. The van der Waals surface area contributed by atoms with Gasteiger partial charge < -0.3 is 10.1 Å². The van der Waals surface area contributed by atoms with E-state index < -0.39 is 10.0 Å². The van der Waals surface area contributed by atoms with Crippen molar-refractivity contribution in [1.29, 1.82) is 0 Å². The number of hydrogen-bond acceptors (Lipinski definition) is 4. The van der Waals surface area contributed by atoms with Gasteiger partial charge in [0.2, 0.25) is 15.9 Å². The second kappa shape index (κ2) is 6.85. The zero-order valence-electron chi connectivity index (χ0n) is 12.5. The van der Waals surface area contributed by atoms with Crippen molar-refractivity contribution in [3.8, 4) is 5.75 Å². The van der Waals surface area contributed by atoms with Gasteiger partial charge in [-0.25, -0.2) is 12.7 Å². The Labute approximate surface area is 135 Å². The van der Waals surface area contributed by atoms with E-state index >= 15 is 0 Å². The van der Waals surface area contributed by atoms with Crippen LogP contribution in [-0.4, -0.2) is 45.1 Å². The third kappa shape index (κ3) is 3.91. The summed E-state index contributed by atoms with van der Waals surface area (Å²) in [5.41, 5.74) is 0.822. The first kappa shape index (κ1) is 17.1. The Balaban J connectivity index is 2.01. The molecule has 0 unspecified atom stereocenters. The normalized spacial score (nSPS) is 17.7. The first-order chi connectivity index (χ1) is 10.3. The lowest BCUT2D eigenvalue weighted by Crippen LogP contribution is -2.34. The van der Waals surface area contributed by atoms with E-state index in [1.807, 2.05) is 6.07 Å². The number of fused-ring (bicyclic) bond motifs is 1. The van der Waals surface area contributed by atoms with Gasteiger partial charge in [-0.05, 0) is 6.07 Å².